The van der Waals surface area contributed by atoms with Gasteiger partial charge in [-0.1, -0.05) is 18.2 Å². The van der Waals surface area contributed by atoms with Crippen molar-refractivity contribution in [3.8, 4) is 11.8 Å². The third-order valence-corrected chi connectivity index (χ3v) is 4.72. The van der Waals surface area contributed by atoms with Crippen LogP contribution in [0, 0.1) is 6.92 Å². The Morgan fingerprint density at radius 3 is 2.58 bits per heavy atom. The van der Waals surface area contributed by atoms with Crippen LogP contribution < -0.4 is 10.1 Å². The van der Waals surface area contributed by atoms with E-state index >= 15 is 0 Å². The van der Waals surface area contributed by atoms with Gasteiger partial charge in [-0.05, 0) is 49.9 Å². The summed E-state index contributed by atoms with van der Waals surface area (Å²) in [6, 6.07) is 16.0. The van der Waals surface area contributed by atoms with E-state index in [2.05, 4.69) is 34.3 Å². The van der Waals surface area contributed by atoms with E-state index in [1.54, 1.807) is 6.20 Å². The number of hydrogen-bond acceptors (Lipinski definition) is 5. The first kappa shape index (κ1) is 16.7. The van der Waals surface area contributed by atoms with E-state index in [1.165, 1.54) is 5.56 Å². The lowest BCUT2D eigenvalue weighted by atomic mass is 9.93. The van der Waals surface area contributed by atoms with E-state index in [1.807, 2.05) is 42.6 Å². The molecule has 132 valence electrons. The summed E-state index contributed by atoms with van der Waals surface area (Å²) in [6.07, 6.45) is 6.88. The molecule has 2 unspecified atom stereocenters. The summed E-state index contributed by atoms with van der Waals surface area (Å²) in [7, 11) is 0. The summed E-state index contributed by atoms with van der Waals surface area (Å²) in [5, 5.41) is 3.72. The van der Waals surface area contributed by atoms with Gasteiger partial charge in [0.2, 0.25) is 11.8 Å². The molecule has 1 fully saturated rings. The molecular weight excluding hydrogens is 324 g/mol. The van der Waals surface area contributed by atoms with Gasteiger partial charge in [-0.2, -0.15) is 0 Å². The SMILES string of the molecule is Cc1cccnc1C1CCCC(c2cccc(Oc3ccccn3)n2)N1. The Morgan fingerprint density at radius 2 is 1.73 bits per heavy atom. The molecule has 0 bridgehead atoms. The molecule has 3 aromatic heterocycles. The largest absolute Gasteiger partial charge is 0.421 e. The number of aromatic nitrogens is 3. The number of ether oxygens (including phenoxy) is 1. The second kappa shape index (κ2) is 7.62. The number of rotatable bonds is 4. The topological polar surface area (TPSA) is 59.9 Å². The van der Waals surface area contributed by atoms with Crippen LogP contribution >= 0.6 is 0 Å². The molecule has 4 heterocycles. The average Bonchev–Trinajstić information content (AvgIpc) is 2.69. The van der Waals surface area contributed by atoms with Crippen molar-refractivity contribution in [2.75, 3.05) is 0 Å². The van der Waals surface area contributed by atoms with Gasteiger partial charge in [-0.15, -0.1) is 0 Å². The van der Waals surface area contributed by atoms with E-state index < -0.39 is 0 Å². The molecule has 2 atom stereocenters. The monoisotopic (exact) mass is 346 g/mol. The smallest absolute Gasteiger partial charge is 0.221 e. The van der Waals surface area contributed by atoms with Crippen molar-refractivity contribution in [2.45, 2.75) is 38.3 Å². The maximum Gasteiger partial charge on any atom is 0.221 e. The van der Waals surface area contributed by atoms with Crippen LogP contribution in [0.1, 0.15) is 48.3 Å². The standard InChI is InChI=1S/C21H22N4O/c1-15-7-6-14-23-21(15)18-10-4-8-16(24-18)17-9-5-12-20(25-17)26-19-11-2-3-13-22-19/h2-3,5-7,9,11-14,16,18,24H,4,8,10H2,1H3. The Labute approximate surface area is 153 Å². The van der Waals surface area contributed by atoms with Crippen molar-refractivity contribution in [1.82, 2.24) is 20.3 Å². The summed E-state index contributed by atoms with van der Waals surface area (Å²) in [4.78, 5) is 13.5. The molecule has 1 N–H and O–H groups in total. The van der Waals surface area contributed by atoms with Crippen LogP contribution in [-0.2, 0) is 0 Å². The fourth-order valence-electron chi connectivity index (χ4n) is 3.44. The molecule has 0 radical (unpaired) electrons. The van der Waals surface area contributed by atoms with Crippen LogP contribution in [0.3, 0.4) is 0 Å². The van der Waals surface area contributed by atoms with Gasteiger partial charge in [0.05, 0.1) is 23.5 Å². The zero-order valence-corrected chi connectivity index (χ0v) is 14.8. The van der Waals surface area contributed by atoms with Gasteiger partial charge in [0, 0.05) is 24.5 Å². The quantitative estimate of drug-likeness (QED) is 0.752. The number of aryl methyl sites for hydroxylation is 1. The van der Waals surface area contributed by atoms with E-state index in [0.717, 1.165) is 30.7 Å². The van der Waals surface area contributed by atoms with Crippen molar-refractivity contribution >= 4 is 0 Å². The lowest BCUT2D eigenvalue weighted by Crippen LogP contribution is -2.32. The normalized spacial score (nSPS) is 19.9. The van der Waals surface area contributed by atoms with E-state index in [4.69, 9.17) is 9.72 Å². The molecule has 1 saturated heterocycles. The second-order valence-corrected chi connectivity index (χ2v) is 6.58. The number of nitrogens with zero attached hydrogens (tertiary/aromatic N) is 3. The summed E-state index contributed by atoms with van der Waals surface area (Å²) in [6.45, 7) is 2.12. The highest BCUT2D eigenvalue weighted by atomic mass is 16.5. The highest BCUT2D eigenvalue weighted by Gasteiger charge is 2.26. The Morgan fingerprint density at radius 1 is 0.885 bits per heavy atom. The van der Waals surface area contributed by atoms with Gasteiger partial charge < -0.3 is 10.1 Å². The van der Waals surface area contributed by atoms with Crippen molar-refractivity contribution in [2.24, 2.45) is 0 Å². The lowest BCUT2D eigenvalue weighted by Gasteiger charge is -2.31. The minimum absolute atomic E-state index is 0.197. The zero-order valence-electron chi connectivity index (χ0n) is 14.8. The van der Waals surface area contributed by atoms with E-state index in [-0.39, 0.29) is 12.1 Å². The molecule has 0 aliphatic carbocycles. The predicted molar refractivity (Wildman–Crippen MR) is 100.0 cm³/mol. The fraction of sp³-hybridized carbons (Fsp3) is 0.286. The highest BCUT2D eigenvalue weighted by Crippen LogP contribution is 2.33. The first-order chi connectivity index (χ1) is 12.8. The van der Waals surface area contributed by atoms with Gasteiger partial charge >= 0.3 is 0 Å². The van der Waals surface area contributed by atoms with Gasteiger partial charge in [0.15, 0.2) is 0 Å². The highest BCUT2D eigenvalue weighted by molar-refractivity contribution is 5.25. The molecule has 0 aromatic carbocycles. The van der Waals surface area contributed by atoms with Crippen LogP contribution in [0.2, 0.25) is 0 Å². The molecule has 5 nitrogen and oxygen atoms in total. The summed E-state index contributed by atoms with van der Waals surface area (Å²) in [5.74, 6) is 1.12. The second-order valence-electron chi connectivity index (χ2n) is 6.58. The predicted octanol–water partition coefficient (Wildman–Crippen LogP) is 4.53. The molecule has 5 heteroatoms. The minimum Gasteiger partial charge on any atom is -0.421 e. The minimum atomic E-state index is 0.197. The first-order valence-electron chi connectivity index (χ1n) is 9.03. The van der Waals surface area contributed by atoms with Gasteiger partial charge in [-0.25, -0.2) is 9.97 Å². The Kier molecular flexibility index (Phi) is 4.88. The number of piperidine rings is 1. The Hall–Kier alpha value is -2.79. The third-order valence-electron chi connectivity index (χ3n) is 4.72. The molecule has 0 amide bonds. The van der Waals surface area contributed by atoms with E-state index in [0.29, 0.717) is 11.8 Å². The van der Waals surface area contributed by atoms with E-state index in [9.17, 15) is 0 Å². The number of nitrogens with one attached hydrogen (secondary N) is 1. The van der Waals surface area contributed by atoms with Crippen LogP contribution in [0.15, 0.2) is 60.9 Å². The molecular formula is C21H22N4O. The Balaban J connectivity index is 1.52. The summed E-state index contributed by atoms with van der Waals surface area (Å²) >= 11 is 0. The molecule has 3 aromatic rings. The molecule has 0 spiro atoms. The summed E-state index contributed by atoms with van der Waals surface area (Å²) in [5.41, 5.74) is 3.36. The van der Waals surface area contributed by atoms with Gasteiger partial charge in [-0.3, -0.25) is 4.98 Å². The number of hydrogen-bond donors (Lipinski definition) is 1. The Bertz CT molecular complexity index is 869. The summed E-state index contributed by atoms with van der Waals surface area (Å²) < 4.78 is 5.78. The van der Waals surface area contributed by atoms with Crippen LogP contribution in [-0.4, -0.2) is 15.0 Å². The van der Waals surface area contributed by atoms with Crippen molar-refractivity contribution in [3.05, 3.63) is 77.9 Å². The maximum atomic E-state index is 5.78. The maximum absolute atomic E-state index is 5.78. The molecule has 1 aliphatic heterocycles. The molecule has 0 saturated carbocycles. The van der Waals surface area contributed by atoms with Crippen molar-refractivity contribution in [1.29, 1.82) is 0 Å². The van der Waals surface area contributed by atoms with Crippen LogP contribution in [0.4, 0.5) is 0 Å². The molecule has 4 rings (SSSR count). The zero-order chi connectivity index (χ0) is 17.8. The van der Waals surface area contributed by atoms with Gasteiger partial charge in [0.1, 0.15) is 0 Å². The van der Waals surface area contributed by atoms with Crippen molar-refractivity contribution < 1.29 is 4.74 Å². The van der Waals surface area contributed by atoms with Crippen LogP contribution in [0.5, 0.6) is 11.8 Å². The van der Waals surface area contributed by atoms with Crippen molar-refractivity contribution in [3.63, 3.8) is 0 Å². The number of pyridine rings is 3. The molecule has 26 heavy (non-hydrogen) atoms. The van der Waals surface area contributed by atoms with Crippen LogP contribution in [0.25, 0.3) is 0 Å². The average molecular weight is 346 g/mol. The third kappa shape index (κ3) is 3.73. The fourth-order valence-corrected chi connectivity index (χ4v) is 3.44. The first-order valence-corrected chi connectivity index (χ1v) is 9.03. The lowest BCUT2D eigenvalue weighted by molar-refractivity contribution is 0.318. The van der Waals surface area contributed by atoms with Gasteiger partial charge in [0.25, 0.3) is 0 Å². The molecule has 1 aliphatic rings.